The van der Waals surface area contributed by atoms with Crippen LogP contribution in [0.25, 0.3) is 0 Å². The summed E-state index contributed by atoms with van der Waals surface area (Å²) in [5.41, 5.74) is 0. The molecule has 1 aromatic heterocycles. The third-order valence-electron chi connectivity index (χ3n) is 3.41. The SMILES string of the molecule is Cc1nnc(N2C3CCC2CC(Cl)C3)s1. The lowest BCUT2D eigenvalue weighted by atomic mass is 10.0. The van der Waals surface area contributed by atoms with Crippen molar-refractivity contribution in [3.8, 4) is 0 Å². The molecule has 15 heavy (non-hydrogen) atoms. The van der Waals surface area contributed by atoms with Crippen LogP contribution in [-0.4, -0.2) is 27.7 Å². The number of piperidine rings is 1. The highest BCUT2D eigenvalue weighted by Crippen LogP contribution is 2.41. The van der Waals surface area contributed by atoms with Crippen LogP contribution in [0.3, 0.4) is 0 Å². The van der Waals surface area contributed by atoms with Gasteiger partial charge in [0.25, 0.3) is 0 Å². The van der Waals surface area contributed by atoms with Gasteiger partial charge in [0, 0.05) is 17.5 Å². The molecule has 0 radical (unpaired) electrons. The highest BCUT2D eigenvalue weighted by molar-refractivity contribution is 7.15. The molecule has 2 fully saturated rings. The Morgan fingerprint density at radius 1 is 1.27 bits per heavy atom. The van der Waals surface area contributed by atoms with Gasteiger partial charge in [-0.2, -0.15) is 0 Å². The molecule has 0 spiro atoms. The van der Waals surface area contributed by atoms with E-state index in [9.17, 15) is 0 Å². The Balaban J connectivity index is 1.88. The summed E-state index contributed by atoms with van der Waals surface area (Å²) in [5.74, 6) is 0. The molecule has 82 valence electrons. The van der Waals surface area contributed by atoms with Crippen LogP contribution < -0.4 is 4.90 Å². The molecule has 0 amide bonds. The van der Waals surface area contributed by atoms with Crippen molar-refractivity contribution in [1.29, 1.82) is 0 Å². The van der Waals surface area contributed by atoms with E-state index in [2.05, 4.69) is 15.1 Å². The first-order valence-corrected chi connectivity index (χ1v) is 6.72. The molecule has 2 saturated heterocycles. The highest BCUT2D eigenvalue weighted by atomic mass is 35.5. The fourth-order valence-electron chi connectivity index (χ4n) is 2.81. The van der Waals surface area contributed by atoms with Crippen LogP contribution in [0.2, 0.25) is 0 Å². The van der Waals surface area contributed by atoms with Crippen LogP contribution in [0.1, 0.15) is 30.7 Å². The fraction of sp³-hybridized carbons (Fsp3) is 0.800. The van der Waals surface area contributed by atoms with Crippen molar-refractivity contribution in [2.45, 2.75) is 50.1 Å². The number of hydrogen-bond donors (Lipinski definition) is 0. The second-order valence-electron chi connectivity index (χ2n) is 4.46. The molecule has 5 heteroatoms. The van der Waals surface area contributed by atoms with E-state index in [1.54, 1.807) is 11.3 Å². The number of halogens is 1. The Labute approximate surface area is 98.5 Å². The number of nitrogens with zero attached hydrogens (tertiary/aromatic N) is 3. The van der Waals surface area contributed by atoms with Crippen molar-refractivity contribution >= 4 is 28.1 Å². The lowest BCUT2D eigenvalue weighted by Gasteiger charge is -2.36. The van der Waals surface area contributed by atoms with Gasteiger partial charge in [0.05, 0.1) is 0 Å². The standard InChI is InChI=1S/C10H14ClN3S/c1-6-12-13-10(15-6)14-8-2-3-9(14)5-7(11)4-8/h7-9H,2-5H2,1H3. The summed E-state index contributed by atoms with van der Waals surface area (Å²) >= 11 is 7.95. The number of aryl methyl sites for hydroxylation is 1. The van der Waals surface area contributed by atoms with Gasteiger partial charge in [-0.05, 0) is 32.6 Å². The van der Waals surface area contributed by atoms with Gasteiger partial charge in [0.2, 0.25) is 5.13 Å². The Kier molecular flexibility index (Phi) is 2.36. The second kappa shape index (κ2) is 3.59. The van der Waals surface area contributed by atoms with E-state index in [1.807, 2.05) is 6.92 Å². The minimum atomic E-state index is 0.368. The zero-order valence-corrected chi connectivity index (χ0v) is 10.3. The van der Waals surface area contributed by atoms with Crippen LogP contribution in [0.15, 0.2) is 0 Å². The largest absolute Gasteiger partial charge is 0.341 e. The zero-order chi connectivity index (χ0) is 10.4. The third kappa shape index (κ3) is 1.64. The van der Waals surface area contributed by atoms with Gasteiger partial charge in [-0.3, -0.25) is 0 Å². The predicted molar refractivity (Wildman–Crippen MR) is 62.8 cm³/mol. The van der Waals surface area contributed by atoms with Gasteiger partial charge in [-0.1, -0.05) is 11.3 Å². The van der Waals surface area contributed by atoms with Gasteiger partial charge in [-0.15, -0.1) is 21.8 Å². The average molecular weight is 244 g/mol. The lowest BCUT2D eigenvalue weighted by molar-refractivity contribution is 0.472. The van der Waals surface area contributed by atoms with Gasteiger partial charge in [0.1, 0.15) is 5.01 Å². The van der Waals surface area contributed by atoms with Gasteiger partial charge < -0.3 is 4.90 Å². The minimum Gasteiger partial charge on any atom is -0.341 e. The predicted octanol–water partition coefficient (Wildman–Crippen LogP) is 2.59. The molecule has 3 nitrogen and oxygen atoms in total. The molecule has 0 N–H and O–H groups in total. The number of rotatable bonds is 1. The first-order valence-electron chi connectivity index (χ1n) is 5.46. The smallest absolute Gasteiger partial charge is 0.208 e. The molecule has 0 aromatic carbocycles. The van der Waals surface area contributed by atoms with Gasteiger partial charge >= 0.3 is 0 Å². The Morgan fingerprint density at radius 3 is 2.47 bits per heavy atom. The third-order valence-corrected chi connectivity index (χ3v) is 4.62. The zero-order valence-electron chi connectivity index (χ0n) is 8.69. The molecule has 2 atom stereocenters. The summed E-state index contributed by atoms with van der Waals surface area (Å²) in [6, 6.07) is 1.22. The molecule has 0 aliphatic carbocycles. The van der Waals surface area contributed by atoms with E-state index >= 15 is 0 Å². The van der Waals surface area contributed by atoms with Crippen LogP contribution >= 0.6 is 22.9 Å². The summed E-state index contributed by atoms with van der Waals surface area (Å²) in [7, 11) is 0. The quantitative estimate of drug-likeness (QED) is 0.710. The fourth-order valence-corrected chi connectivity index (χ4v) is 4.06. The first-order chi connectivity index (χ1) is 7.24. The number of hydrogen-bond acceptors (Lipinski definition) is 4. The first kappa shape index (κ1) is 9.85. The van der Waals surface area contributed by atoms with Crippen LogP contribution in [0, 0.1) is 6.92 Å². The van der Waals surface area contributed by atoms with Crippen molar-refractivity contribution in [3.05, 3.63) is 5.01 Å². The van der Waals surface area contributed by atoms with E-state index in [0.29, 0.717) is 17.5 Å². The van der Waals surface area contributed by atoms with E-state index in [-0.39, 0.29) is 0 Å². The number of anilines is 1. The van der Waals surface area contributed by atoms with Gasteiger partial charge in [-0.25, -0.2) is 0 Å². The van der Waals surface area contributed by atoms with Crippen molar-refractivity contribution in [2.75, 3.05) is 4.90 Å². The van der Waals surface area contributed by atoms with Crippen molar-refractivity contribution in [3.63, 3.8) is 0 Å². The van der Waals surface area contributed by atoms with E-state index in [0.717, 1.165) is 23.0 Å². The average Bonchev–Trinajstić information content (AvgIpc) is 2.69. The summed E-state index contributed by atoms with van der Waals surface area (Å²) in [4.78, 5) is 2.46. The summed E-state index contributed by atoms with van der Waals surface area (Å²) < 4.78 is 0. The maximum Gasteiger partial charge on any atom is 0.208 e. The van der Waals surface area contributed by atoms with Crippen LogP contribution in [0.4, 0.5) is 5.13 Å². The topological polar surface area (TPSA) is 29.0 Å². The Hall–Kier alpha value is -0.350. The molecule has 2 unspecified atom stereocenters. The molecule has 3 rings (SSSR count). The second-order valence-corrected chi connectivity index (χ2v) is 6.24. The monoisotopic (exact) mass is 243 g/mol. The van der Waals surface area contributed by atoms with Crippen molar-refractivity contribution in [2.24, 2.45) is 0 Å². The van der Waals surface area contributed by atoms with E-state index in [4.69, 9.17) is 11.6 Å². The normalized spacial score (nSPS) is 34.8. The number of alkyl halides is 1. The summed E-state index contributed by atoms with van der Waals surface area (Å²) in [6.45, 7) is 2.01. The van der Waals surface area contributed by atoms with Crippen LogP contribution in [-0.2, 0) is 0 Å². The summed E-state index contributed by atoms with van der Waals surface area (Å²) in [5, 5.41) is 10.9. The number of aromatic nitrogens is 2. The Morgan fingerprint density at radius 2 is 1.93 bits per heavy atom. The highest BCUT2D eigenvalue weighted by Gasteiger charge is 2.41. The molecule has 3 heterocycles. The molecule has 1 aromatic rings. The van der Waals surface area contributed by atoms with Gasteiger partial charge in [0.15, 0.2) is 0 Å². The molecule has 2 aliphatic heterocycles. The summed E-state index contributed by atoms with van der Waals surface area (Å²) in [6.07, 6.45) is 4.76. The van der Waals surface area contributed by atoms with E-state index in [1.165, 1.54) is 12.8 Å². The molecular formula is C10H14ClN3S. The molecule has 2 aliphatic rings. The Bertz CT molecular complexity index is 353. The van der Waals surface area contributed by atoms with Crippen molar-refractivity contribution in [1.82, 2.24) is 10.2 Å². The lowest BCUT2D eigenvalue weighted by Crippen LogP contribution is -2.43. The maximum absolute atomic E-state index is 6.25. The molecule has 2 bridgehead atoms. The van der Waals surface area contributed by atoms with Crippen molar-refractivity contribution < 1.29 is 0 Å². The minimum absolute atomic E-state index is 0.368. The van der Waals surface area contributed by atoms with Crippen LogP contribution in [0.5, 0.6) is 0 Å². The molecule has 0 saturated carbocycles. The molecular weight excluding hydrogens is 230 g/mol. The maximum atomic E-state index is 6.25. The number of fused-ring (bicyclic) bond motifs is 2. The van der Waals surface area contributed by atoms with E-state index < -0.39 is 0 Å².